The number of unbranched alkanes of at least 4 members (excludes halogenated alkanes) is 1. The van der Waals surface area contributed by atoms with Crippen molar-refractivity contribution in [2.24, 2.45) is 0 Å². The Hall–Kier alpha value is -3.33. The summed E-state index contributed by atoms with van der Waals surface area (Å²) in [7, 11) is 0. The molecule has 1 aliphatic carbocycles. The van der Waals surface area contributed by atoms with Crippen molar-refractivity contribution < 1.29 is 14.4 Å². The van der Waals surface area contributed by atoms with E-state index >= 15 is 0 Å². The second kappa shape index (κ2) is 7.35. The van der Waals surface area contributed by atoms with Gasteiger partial charge in [-0.2, -0.15) is 0 Å². The van der Waals surface area contributed by atoms with Crippen molar-refractivity contribution in [3.05, 3.63) is 106 Å². The van der Waals surface area contributed by atoms with Gasteiger partial charge in [0.15, 0.2) is 17.3 Å². The molecule has 28 heavy (non-hydrogen) atoms. The normalized spacial score (nSPS) is 12.5. The van der Waals surface area contributed by atoms with Crippen LogP contribution in [0.25, 0.3) is 0 Å². The Morgan fingerprint density at radius 2 is 1.36 bits per heavy atom. The van der Waals surface area contributed by atoms with Gasteiger partial charge in [-0.1, -0.05) is 74.0 Å². The largest absolute Gasteiger partial charge is 0.289 e. The van der Waals surface area contributed by atoms with Crippen molar-refractivity contribution in [1.82, 2.24) is 0 Å². The molecule has 0 spiro atoms. The molecular formula is C25H20O3. The van der Waals surface area contributed by atoms with Gasteiger partial charge in [0.2, 0.25) is 0 Å². The number of carbonyl (C=O) groups is 3. The Morgan fingerprint density at radius 3 is 2.00 bits per heavy atom. The minimum Gasteiger partial charge on any atom is -0.289 e. The van der Waals surface area contributed by atoms with Crippen LogP contribution in [0.3, 0.4) is 0 Å². The lowest BCUT2D eigenvalue weighted by Crippen LogP contribution is -2.25. The third-order valence-electron chi connectivity index (χ3n) is 5.24. The van der Waals surface area contributed by atoms with E-state index in [-0.39, 0.29) is 22.9 Å². The van der Waals surface area contributed by atoms with Crippen LogP contribution in [0, 0.1) is 0 Å². The van der Waals surface area contributed by atoms with Gasteiger partial charge in [-0.15, -0.1) is 0 Å². The van der Waals surface area contributed by atoms with Crippen LogP contribution in [0.15, 0.2) is 66.7 Å². The molecular weight excluding hydrogens is 348 g/mol. The lowest BCUT2D eigenvalue weighted by Gasteiger charge is -2.22. The number of fused-ring (bicyclic) bond motifs is 2. The molecule has 138 valence electrons. The first-order chi connectivity index (χ1) is 13.6. The summed E-state index contributed by atoms with van der Waals surface area (Å²) in [4.78, 5) is 39.8. The third kappa shape index (κ3) is 2.89. The van der Waals surface area contributed by atoms with E-state index < -0.39 is 0 Å². The van der Waals surface area contributed by atoms with Gasteiger partial charge >= 0.3 is 0 Å². The topological polar surface area (TPSA) is 51.2 Å². The van der Waals surface area contributed by atoms with Crippen molar-refractivity contribution in [3.8, 4) is 0 Å². The molecule has 0 N–H and O–H groups in total. The van der Waals surface area contributed by atoms with E-state index in [9.17, 15) is 14.4 Å². The quantitative estimate of drug-likeness (QED) is 0.464. The summed E-state index contributed by atoms with van der Waals surface area (Å²) >= 11 is 0. The van der Waals surface area contributed by atoms with Gasteiger partial charge in [-0.25, -0.2) is 0 Å². The molecule has 0 atom stereocenters. The fourth-order valence-electron chi connectivity index (χ4n) is 3.80. The van der Waals surface area contributed by atoms with Gasteiger partial charge < -0.3 is 0 Å². The predicted molar refractivity (Wildman–Crippen MR) is 108 cm³/mol. The molecule has 3 heteroatoms. The van der Waals surface area contributed by atoms with Crippen LogP contribution in [-0.4, -0.2) is 17.3 Å². The first-order valence-corrected chi connectivity index (χ1v) is 9.57. The van der Waals surface area contributed by atoms with E-state index in [0.717, 1.165) is 18.4 Å². The number of carbonyl (C=O) groups excluding carboxylic acids is 3. The average molecular weight is 368 g/mol. The van der Waals surface area contributed by atoms with Crippen molar-refractivity contribution in [2.45, 2.75) is 26.2 Å². The highest BCUT2D eigenvalue weighted by Gasteiger charge is 2.34. The Bertz CT molecular complexity index is 1090. The average Bonchev–Trinajstić information content (AvgIpc) is 2.75. The van der Waals surface area contributed by atoms with Gasteiger partial charge in [0.05, 0.1) is 0 Å². The number of benzene rings is 3. The maximum Gasteiger partial charge on any atom is 0.195 e. The van der Waals surface area contributed by atoms with Gasteiger partial charge in [0.1, 0.15) is 0 Å². The fraction of sp³-hybridized carbons (Fsp3) is 0.160. The van der Waals surface area contributed by atoms with E-state index in [0.29, 0.717) is 34.2 Å². The molecule has 3 aromatic carbocycles. The maximum atomic E-state index is 13.3. The molecule has 0 radical (unpaired) electrons. The summed E-state index contributed by atoms with van der Waals surface area (Å²) in [6.07, 6.45) is 2.61. The van der Waals surface area contributed by atoms with Crippen LogP contribution in [0.2, 0.25) is 0 Å². The van der Waals surface area contributed by atoms with Crippen molar-refractivity contribution in [3.63, 3.8) is 0 Å². The summed E-state index contributed by atoms with van der Waals surface area (Å²) in [6, 6.07) is 19.3. The lowest BCUT2D eigenvalue weighted by atomic mass is 9.77. The second-order valence-corrected chi connectivity index (χ2v) is 7.02. The van der Waals surface area contributed by atoms with E-state index in [1.54, 1.807) is 54.6 Å². The highest BCUT2D eigenvalue weighted by atomic mass is 16.1. The highest BCUT2D eigenvalue weighted by molar-refractivity contribution is 6.32. The zero-order valence-electron chi connectivity index (χ0n) is 15.7. The van der Waals surface area contributed by atoms with Gasteiger partial charge in [-0.3, -0.25) is 14.4 Å². The molecule has 1 aliphatic rings. The molecule has 0 saturated carbocycles. The second-order valence-electron chi connectivity index (χ2n) is 7.02. The smallest absolute Gasteiger partial charge is 0.195 e. The van der Waals surface area contributed by atoms with Crippen LogP contribution in [0.1, 0.15) is 73.1 Å². The Kier molecular flexibility index (Phi) is 4.74. The number of aryl methyl sites for hydroxylation is 1. The molecule has 0 fully saturated rings. The fourth-order valence-corrected chi connectivity index (χ4v) is 3.80. The van der Waals surface area contributed by atoms with Crippen molar-refractivity contribution in [2.75, 3.05) is 0 Å². The molecule has 0 saturated heterocycles. The summed E-state index contributed by atoms with van der Waals surface area (Å²) in [5.41, 5.74) is 3.09. The highest BCUT2D eigenvalue weighted by Crippen LogP contribution is 2.33. The van der Waals surface area contributed by atoms with Gasteiger partial charge in [0.25, 0.3) is 0 Å². The van der Waals surface area contributed by atoms with Crippen LogP contribution in [0.5, 0.6) is 0 Å². The Balaban J connectivity index is 1.95. The van der Waals surface area contributed by atoms with Crippen LogP contribution in [0.4, 0.5) is 0 Å². The summed E-state index contributed by atoms with van der Waals surface area (Å²) in [5.74, 6) is -0.652. The molecule has 0 aromatic heterocycles. The van der Waals surface area contributed by atoms with Crippen LogP contribution < -0.4 is 0 Å². The molecule has 0 bridgehead atoms. The van der Waals surface area contributed by atoms with Crippen LogP contribution in [-0.2, 0) is 6.42 Å². The zero-order chi connectivity index (χ0) is 19.7. The van der Waals surface area contributed by atoms with Crippen molar-refractivity contribution >= 4 is 17.3 Å². The summed E-state index contributed by atoms with van der Waals surface area (Å²) < 4.78 is 0. The molecule has 0 heterocycles. The predicted octanol–water partition coefficient (Wildman–Crippen LogP) is 5.04. The molecule has 4 rings (SSSR count). The van der Waals surface area contributed by atoms with Crippen LogP contribution >= 0.6 is 0 Å². The summed E-state index contributed by atoms with van der Waals surface area (Å²) in [6.45, 7) is 2.09. The third-order valence-corrected chi connectivity index (χ3v) is 5.24. The molecule has 0 unspecified atom stereocenters. The summed E-state index contributed by atoms with van der Waals surface area (Å²) in [5, 5.41) is 0. The maximum absolute atomic E-state index is 13.3. The van der Waals surface area contributed by atoms with Gasteiger partial charge in [-0.05, 0) is 24.5 Å². The first kappa shape index (κ1) is 18.1. The standard InChI is InChI=1S/C25H20O3/c1-2-3-9-16-14-15-20(23(26)17-10-5-4-6-11-17)22-21(16)24(27)18-12-7-8-13-19(18)25(22)28/h4-8,10-15H,2-3,9H2,1H3. The number of hydrogen-bond donors (Lipinski definition) is 0. The molecule has 3 nitrogen and oxygen atoms in total. The minimum absolute atomic E-state index is 0.168. The number of hydrogen-bond acceptors (Lipinski definition) is 3. The number of ketones is 3. The minimum atomic E-state index is -0.247. The number of rotatable bonds is 5. The Morgan fingerprint density at radius 1 is 0.750 bits per heavy atom. The monoisotopic (exact) mass is 368 g/mol. The van der Waals surface area contributed by atoms with E-state index in [2.05, 4.69) is 6.92 Å². The van der Waals surface area contributed by atoms with E-state index in [1.807, 2.05) is 12.1 Å². The first-order valence-electron chi connectivity index (χ1n) is 9.57. The Labute approximate surface area is 164 Å². The molecule has 0 aliphatic heterocycles. The van der Waals surface area contributed by atoms with E-state index in [1.165, 1.54) is 0 Å². The SMILES string of the molecule is CCCCc1ccc(C(=O)c2ccccc2)c2c1C(=O)c1ccccc1C2=O. The molecule has 0 amide bonds. The van der Waals surface area contributed by atoms with Gasteiger partial charge in [0, 0.05) is 33.4 Å². The zero-order valence-corrected chi connectivity index (χ0v) is 15.7. The lowest BCUT2D eigenvalue weighted by molar-refractivity contribution is 0.0970. The van der Waals surface area contributed by atoms with Crippen molar-refractivity contribution in [1.29, 1.82) is 0 Å². The van der Waals surface area contributed by atoms with E-state index in [4.69, 9.17) is 0 Å². The molecule has 3 aromatic rings.